The monoisotopic (exact) mass is 198 g/mol. The number of aliphatic hydroxyl groups excluding tert-OH is 1. The molecule has 0 aromatic carbocycles. The van der Waals surface area contributed by atoms with Gasteiger partial charge < -0.3 is 5.11 Å². The van der Waals surface area contributed by atoms with Crippen molar-refractivity contribution in [1.29, 1.82) is 0 Å². The van der Waals surface area contributed by atoms with Crippen LogP contribution in [-0.2, 0) is 4.79 Å². The van der Waals surface area contributed by atoms with Gasteiger partial charge in [-0.15, -0.1) is 0 Å². The third-order valence-corrected chi connectivity index (χ3v) is 3.43. The largest absolute Gasteiger partial charge is 0.393 e. The van der Waals surface area contributed by atoms with Gasteiger partial charge in [0.05, 0.1) is 6.10 Å². The highest BCUT2D eigenvalue weighted by molar-refractivity contribution is 5.82. The van der Waals surface area contributed by atoms with E-state index >= 15 is 0 Å². The number of hydrogen-bond donors (Lipinski definition) is 1. The summed E-state index contributed by atoms with van der Waals surface area (Å²) in [6.07, 6.45) is 6.57. The van der Waals surface area contributed by atoms with Gasteiger partial charge in [0.1, 0.15) is 5.78 Å². The van der Waals surface area contributed by atoms with Crippen molar-refractivity contribution in [3.63, 3.8) is 0 Å². The van der Waals surface area contributed by atoms with Crippen molar-refractivity contribution >= 4 is 5.78 Å². The number of carbonyl (C=O) groups is 1. The van der Waals surface area contributed by atoms with Crippen LogP contribution in [0.1, 0.15) is 52.4 Å². The maximum absolute atomic E-state index is 10.6. The van der Waals surface area contributed by atoms with Crippen LogP contribution in [0.15, 0.2) is 0 Å². The molecule has 2 nitrogen and oxygen atoms in total. The summed E-state index contributed by atoms with van der Waals surface area (Å²) in [5, 5.41) is 9.00. The van der Waals surface area contributed by atoms with Gasteiger partial charge in [-0.2, -0.15) is 0 Å². The molecular weight excluding hydrogens is 176 g/mol. The highest BCUT2D eigenvalue weighted by Crippen LogP contribution is 2.23. The Morgan fingerprint density at radius 2 is 1.86 bits per heavy atom. The zero-order valence-corrected chi connectivity index (χ0v) is 9.33. The van der Waals surface area contributed by atoms with E-state index in [1.54, 1.807) is 0 Å². The normalized spacial score (nSPS) is 36.8. The van der Waals surface area contributed by atoms with Gasteiger partial charge in [0.15, 0.2) is 0 Å². The predicted octanol–water partition coefficient (Wildman–Crippen LogP) is 2.54. The van der Waals surface area contributed by atoms with Crippen molar-refractivity contribution in [3.8, 4) is 0 Å². The van der Waals surface area contributed by atoms with Crippen LogP contribution >= 0.6 is 0 Å². The SMILES string of the molecule is CC1CCCC1=O.CC1CCCC1O. The topological polar surface area (TPSA) is 37.3 Å². The molecule has 1 N–H and O–H groups in total. The third kappa shape index (κ3) is 3.41. The first-order valence-corrected chi connectivity index (χ1v) is 5.82. The Balaban J connectivity index is 0.000000140. The standard InChI is InChI=1S/C6H12O.C6H10O/c2*1-5-3-2-4-6(5)7/h5-7H,2-4H2,1H3;5H,2-4H2,1H3. The van der Waals surface area contributed by atoms with Crippen LogP contribution in [0.2, 0.25) is 0 Å². The summed E-state index contributed by atoms with van der Waals surface area (Å²) in [6.45, 7) is 4.12. The molecule has 0 amide bonds. The van der Waals surface area contributed by atoms with Crippen LogP contribution in [0.4, 0.5) is 0 Å². The first-order chi connectivity index (χ1) is 6.61. The van der Waals surface area contributed by atoms with Crippen LogP contribution in [0.5, 0.6) is 0 Å². The van der Waals surface area contributed by atoms with E-state index in [9.17, 15) is 4.79 Å². The molecule has 0 bridgehead atoms. The molecule has 2 aliphatic rings. The van der Waals surface area contributed by atoms with Crippen LogP contribution < -0.4 is 0 Å². The molecule has 2 saturated carbocycles. The molecular formula is C12H22O2. The van der Waals surface area contributed by atoms with Crippen molar-refractivity contribution < 1.29 is 9.90 Å². The molecule has 2 rings (SSSR count). The second kappa shape index (κ2) is 5.50. The Hall–Kier alpha value is -0.370. The molecule has 0 aromatic rings. The number of hydrogen-bond acceptors (Lipinski definition) is 2. The first kappa shape index (κ1) is 11.7. The minimum atomic E-state index is 0.0139. The van der Waals surface area contributed by atoms with Gasteiger partial charge in [-0.1, -0.05) is 20.3 Å². The zero-order valence-electron chi connectivity index (χ0n) is 9.33. The van der Waals surface area contributed by atoms with E-state index in [1.165, 1.54) is 12.8 Å². The highest BCUT2D eigenvalue weighted by atomic mass is 16.3. The van der Waals surface area contributed by atoms with Gasteiger partial charge in [-0.3, -0.25) is 4.79 Å². The smallest absolute Gasteiger partial charge is 0.135 e. The first-order valence-electron chi connectivity index (χ1n) is 5.82. The summed E-state index contributed by atoms with van der Waals surface area (Å²) in [5.41, 5.74) is 0. The Kier molecular flexibility index (Phi) is 4.59. The molecule has 0 aliphatic heterocycles. The van der Waals surface area contributed by atoms with E-state index in [4.69, 9.17) is 5.11 Å². The van der Waals surface area contributed by atoms with Gasteiger partial charge in [0, 0.05) is 12.3 Å². The Morgan fingerprint density at radius 1 is 1.14 bits per heavy atom. The lowest BCUT2D eigenvalue weighted by Gasteiger charge is -2.04. The summed E-state index contributed by atoms with van der Waals surface area (Å²) in [7, 11) is 0. The zero-order chi connectivity index (χ0) is 10.6. The molecule has 2 fully saturated rings. The lowest BCUT2D eigenvalue weighted by molar-refractivity contribution is -0.120. The maximum Gasteiger partial charge on any atom is 0.135 e. The summed E-state index contributed by atoms with van der Waals surface area (Å²) >= 11 is 0. The van der Waals surface area contributed by atoms with E-state index in [0.717, 1.165) is 25.7 Å². The minimum Gasteiger partial charge on any atom is -0.393 e. The summed E-state index contributed by atoms with van der Waals surface area (Å²) in [5.74, 6) is 1.40. The van der Waals surface area contributed by atoms with Gasteiger partial charge in [-0.25, -0.2) is 0 Å². The molecule has 82 valence electrons. The number of Topliss-reactive ketones (excluding diaryl/α,β-unsaturated/α-hetero) is 1. The van der Waals surface area contributed by atoms with E-state index in [-0.39, 0.29) is 6.10 Å². The highest BCUT2D eigenvalue weighted by Gasteiger charge is 2.19. The third-order valence-electron chi connectivity index (χ3n) is 3.43. The summed E-state index contributed by atoms with van der Waals surface area (Å²) in [4.78, 5) is 10.6. The van der Waals surface area contributed by atoms with Crippen molar-refractivity contribution in [2.24, 2.45) is 11.8 Å². The van der Waals surface area contributed by atoms with E-state index < -0.39 is 0 Å². The summed E-state index contributed by atoms with van der Waals surface area (Å²) in [6, 6.07) is 0. The van der Waals surface area contributed by atoms with Gasteiger partial charge >= 0.3 is 0 Å². The Labute approximate surface area is 86.7 Å². The van der Waals surface area contributed by atoms with E-state index in [2.05, 4.69) is 6.92 Å². The number of ketones is 1. The average molecular weight is 198 g/mol. The average Bonchev–Trinajstić information content (AvgIpc) is 2.67. The Bertz CT molecular complexity index is 181. The maximum atomic E-state index is 10.6. The molecule has 3 unspecified atom stereocenters. The van der Waals surface area contributed by atoms with Crippen LogP contribution in [0, 0.1) is 11.8 Å². The van der Waals surface area contributed by atoms with Crippen molar-refractivity contribution in [2.45, 2.75) is 58.5 Å². The molecule has 3 atom stereocenters. The van der Waals surface area contributed by atoms with E-state index in [0.29, 0.717) is 17.6 Å². The van der Waals surface area contributed by atoms with Crippen molar-refractivity contribution in [2.75, 3.05) is 0 Å². The van der Waals surface area contributed by atoms with Crippen molar-refractivity contribution in [3.05, 3.63) is 0 Å². The van der Waals surface area contributed by atoms with Crippen LogP contribution in [-0.4, -0.2) is 17.0 Å². The van der Waals surface area contributed by atoms with Crippen LogP contribution in [0.3, 0.4) is 0 Å². The molecule has 14 heavy (non-hydrogen) atoms. The fourth-order valence-electron chi connectivity index (χ4n) is 2.12. The molecule has 0 heterocycles. The molecule has 0 radical (unpaired) electrons. The minimum absolute atomic E-state index is 0.0139. The second-order valence-electron chi connectivity index (χ2n) is 4.74. The van der Waals surface area contributed by atoms with Gasteiger partial charge in [0.2, 0.25) is 0 Å². The number of carbonyl (C=O) groups excluding carboxylic acids is 1. The molecule has 2 aliphatic carbocycles. The fraction of sp³-hybridized carbons (Fsp3) is 0.917. The fourth-order valence-corrected chi connectivity index (χ4v) is 2.12. The molecule has 0 aromatic heterocycles. The number of rotatable bonds is 0. The lowest BCUT2D eigenvalue weighted by atomic mass is 10.1. The predicted molar refractivity (Wildman–Crippen MR) is 57.0 cm³/mol. The molecule has 0 saturated heterocycles. The molecule has 0 spiro atoms. The summed E-state index contributed by atoms with van der Waals surface area (Å²) < 4.78 is 0. The van der Waals surface area contributed by atoms with Gasteiger partial charge in [-0.05, 0) is 31.6 Å². The van der Waals surface area contributed by atoms with Crippen molar-refractivity contribution in [1.82, 2.24) is 0 Å². The van der Waals surface area contributed by atoms with Crippen LogP contribution in [0.25, 0.3) is 0 Å². The second-order valence-corrected chi connectivity index (χ2v) is 4.74. The van der Waals surface area contributed by atoms with Gasteiger partial charge in [0.25, 0.3) is 0 Å². The Morgan fingerprint density at radius 3 is 2.00 bits per heavy atom. The number of aliphatic hydroxyl groups is 1. The molecule has 2 heteroatoms. The quantitative estimate of drug-likeness (QED) is 0.649. The lowest BCUT2D eigenvalue weighted by Crippen LogP contribution is -2.07. The van der Waals surface area contributed by atoms with E-state index in [1.807, 2.05) is 6.92 Å².